The molecule has 1 unspecified atom stereocenters. The zero-order valence-corrected chi connectivity index (χ0v) is 15.1. The molecule has 1 amide bonds. The molecule has 1 heterocycles. The van der Waals surface area contributed by atoms with E-state index in [1.165, 1.54) is 18.4 Å². The fraction of sp³-hybridized carbons (Fsp3) is 0.611. The van der Waals surface area contributed by atoms with Crippen molar-refractivity contribution in [1.29, 1.82) is 0 Å². The molecule has 1 fully saturated rings. The number of para-hydroxylation sites is 1. The van der Waals surface area contributed by atoms with Gasteiger partial charge in [-0.15, -0.1) is 12.4 Å². The van der Waals surface area contributed by atoms with Gasteiger partial charge < -0.3 is 11.1 Å². The van der Waals surface area contributed by atoms with Crippen LogP contribution in [-0.2, 0) is 4.79 Å². The molecule has 0 aromatic heterocycles. The van der Waals surface area contributed by atoms with Gasteiger partial charge in [-0.1, -0.05) is 32.0 Å². The van der Waals surface area contributed by atoms with Crippen LogP contribution in [0.1, 0.15) is 44.6 Å². The van der Waals surface area contributed by atoms with Crippen LogP contribution in [0.3, 0.4) is 0 Å². The van der Waals surface area contributed by atoms with Crippen LogP contribution in [-0.4, -0.2) is 37.0 Å². The molecule has 0 radical (unpaired) electrons. The molecule has 1 aromatic carbocycles. The molecule has 1 atom stereocenters. The number of nitrogens with two attached hydrogens (primary N) is 1. The number of carbonyl (C=O) groups excluding carboxylic acids is 1. The van der Waals surface area contributed by atoms with Gasteiger partial charge in [0.2, 0.25) is 5.91 Å². The largest absolute Gasteiger partial charge is 0.330 e. The van der Waals surface area contributed by atoms with Gasteiger partial charge in [-0.2, -0.15) is 0 Å². The monoisotopic (exact) mass is 339 g/mol. The Morgan fingerprint density at radius 2 is 2.13 bits per heavy atom. The summed E-state index contributed by atoms with van der Waals surface area (Å²) in [5, 5.41) is 3.08. The van der Waals surface area contributed by atoms with Crippen molar-refractivity contribution in [3.8, 4) is 0 Å². The first kappa shape index (κ1) is 19.9. The highest BCUT2D eigenvalue weighted by molar-refractivity contribution is 5.93. The molecule has 1 saturated heterocycles. The lowest BCUT2D eigenvalue weighted by atomic mass is 9.95. The number of likely N-dealkylation sites (tertiary alicyclic amines) is 1. The minimum atomic E-state index is 0. The minimum absolute atomic E-state index is 0. The molecule has 0 spiro atoms. The highest BCUT2D eigenvalue weighted by Crippen LogP contribution is 2.24. The number of hydrogen-bond acceptors (Lipinski definition) is 3. The van der Waals surface area contributed by atoms with Crippen molar-refractivity contribution < 1.29 is 4.79 Å². The number of carbonyl (C=O) groups is 1. The first-order valence-electron chi connectivity index (χ1n) is 8.41. The van der Waals surface area contributed by atoms with E-state index in [1.54, 1.807) is 0 Å². The lowest BCUT2D eigenvalue weighted by Crippen LogP contribution is -2.41. The summed E-state index contributed by atoms with van der Waals surface area (Å²) in [4.78, 5) is 14.6. The van der Waals surface area contributed by atoms with Gasteiger partial charge in [0.15, 0.2) is 0 Å². The average molecular weight is 340 g/mol. The Kier molecular flexibility index (Phi) is 8.59. The number of halogens is 1. The number of hydrogen-bond donors (Lipinski definition) is 2. The molecule has 1 aliphatic rings. The summed E-state index contributed by atoms with van der Waals surface area (Å²) in [5.41, 5.74) is 7.79. The molecule has 3 N–H and O–H groups in total. The first-order chi connectivity index (χ1) is 10.6. The zero-order valence-electron chi connectivity index (χ0n) is 14.3. The molecular formula is C18H30ClN3O. The number of nitrogens with zero attached hydrogens (tertiary/aromatic N) is 1. The van der Waals surface area contributed by atoms with Crippen LogP contribution < -0.4 is 11.1 Å². The maximum absolute atomic E-state index is 12.3. The number of anilines is 1. The van der Waals surface area contributed by atoms with Crippen molar-refractivity contribution in [1.82, 2.24) is 4.90 Å². The van der Waals surface area contributed by atoms with Crippen LogP contribution in [0.5, 0.6) is 0 Å². The normalized spacial score (nSPS) is 18.5. The Balaban J connectivity index is 0.00000264. The lowest BCUT2D eigenvalue weighted by Gasteiger charge is -2.32. The van der Waals surface area contributed by atoms with Gasteiger partial charge in [0, 0.05) is 12.2 Å². The van der Waals surface area contributed by atoms with Crippen LogP contribution >= 0.6 is 12.4 Å². The molecule has 23 heavy (non-hydrogen) atoms. The van der Waals surface area contributed by atoms with Crippen LogP contribution in [0, 0.1) is 5.92 Å². The van der Waals surface area contributed by atoms with Crippen molar-refractivity contribution in [2.24, 2.45) is 11.7 Å². The molecular weight excluding hydrogens is 310 g/mol. The third-order valence-electron chi connectivity index (χ3n) is 4.40. The lowest BCUT2D eigenvalue weighted by molar-refractivity contribution is -0.117. The van der Waals surface area contributed by atoms with E-state index in [0.29, 0.717) is 18.4 Å². The minimum Gasteiger partial charge on any atom is -0.330 e. The Labute approximate surface area is 146 Å². The maximum atomic E-state index is 12.3. The molecule has 1 aliphatic heterocycles. The van der Waals surface area contributed by atoms with Gasteiger partial charge in [-0.05, 0) is 55.8 Å². The van der Waals surface area contributed by atoms with Crippen molar-refractivity contribution in [2.45, 2.75) is 39.0 Å². The average Bonchev–Trinajstić information content (AvgIpc) is 2.48. The Hall–Kier alpha value is -1.10. The van der Waals surface area contributed by atoms with Gasteiger partial charge in [0.05, 0.1) is 6.54 Å². The number of piperidine rings is 1. The van der Waals surface area contributed by atoms with Crippen molar-refractivity contribution in [3.05, 3.63) is 29.8 Å². The second-order valence-electron chi connectivity index (χ2n) is 6.61. The molecule has 5 heteroatoms. The number of nitrogens with one attached hydrogen (secondary N) is 1. The third kappa shape index (κ3) is 6.13. The van der Waals surface area contributed by atoms with Gasteiger partial charge in [0.25, 0.3) is 0 Å². The van der Waals surface area contributed by atoms with Crippen molar-refractivity contribution in [2.75, 3.05) is 31.5 Å². The number of rotatable bonds is 6. The topological polar surface area (TPSA) is 58.4 Å². The van der Waals surface area contributed by atoms with Gasteiger partial charge in [0.1, 0.15) is 0 Å². The molecule has 0 aliphatic carbocycles. The van der Waals surface area contributed by atoms with E-state index >= 15 is 0 Å². The highest BCUT2D eigenvalue weighted by atomic mass is 35.5. The van der Waals surface area contributed by atoms with Crippen LogP contribution in [0.15, 0.2) is 24.3 Å². The molecule has 4 nitrogen and oxygen atoms in total. The van der Waals surface area contributed by atoms with E-state index < -0.39 is 0 Å². The fourth-order valence-electron chi connectivity index (χ4n) is 3.27. The summed E-state index contributed by atoms with van der Waals surface area (Å²) in [6.07, 6.45) is 3.47. The van der Waals surface area contributed by atoms with Crippen molar-refractivity contribution >= 4 is 24.0 Å². The van der Waals surface area contributed by atoms with E-state index in [9.17, 15) is 4.79 Å². The van der Waals surface area contributed by atoms with Gasteiger partial charge >= 0.3 is 0 Å². The molecule has 1 aromatic rings. The molecule has 2 rings (SSSR count). The van der Waals surface area contributed by atoms with E-state index in [4.69, 9.17) is 5.73 Å². The fourth-order valence-corrected chi connectivity index (χ4v) is 3.27. The zero-order chi connectivity index (χ0) is 15.9. The summed E-state index contributed by atoms with van der Waals surface area (Å²) in [5.74, 6) is 1.14. The second-order valence-corrected chi connectivity index (χ2v) is 6.61. The van der Waals surface area contributed by atoms with Gasteiger partial charge in [-0.3, -0.25) is 9.69 Å². The highest BCUT2D eigenvalue weighted by Gasteiger charge is 2.21. The Morgan fingerprint density at radius 1 is 1.39 bits per heavy atom. The smallest absolute Gasteiger partial charge is 0.238 e. The van der Waals surface area contributed by atoms with E-state index in [-0.39, 0.29) is 18.3 Å². The standard InChI is InChI=1S/C18H29N3O.ClH/c1-14(2)16-7-3-4-8-17(16)20-18(22)13-21-11-5-6-15(12-21)9-10-19;/h3-4,7-8,14-15H,5-6,9-13,19H2,1-2H3,(H,20,22);1H. The Bertz CT molecular complexity index is 491. The van der Waals surface area contributed by atoms with Gasteiger partial charge in [-0.25, -0.2) is 0 Å². The summed E-state index contributed by atoms with van der Waals surface area (Å²) in [7, 11) is 0. The van der Waals surface area contributed by atoms with Crippen LogP contribution in [0.2, 0.25) is 0 Å². The predicted octanol–water partition coefficient (Wildman–Crippen LogP) is 3.23. The predicted molar refractivity (Wildman–Crippen MR) is 99.2 cm³/mol. The van der Waals surface area contributed by atoms with Crippen LogP contribution in [0.25, 0.3) is 0 Å². The molecule has 130 valence electrons. The quantitative estimate of drug-likeness (QED) is 0.836. The van der Waals surface area contributed by atoms with Crippen LogP contribution in [0.4, 0.5) is 5.69 Å². The number of benzene rings is 1. The van der Waals surface area contributed by atoms with E-state index in [1.807, 2.05) is 18.2 Å². The Morgan fingerprint density at radius 3 is 2.83 bits per heavy atom. The van der Waals surface area contributed by atoms with E-state index in [2.05, 4.69) is 30.1 Å². The first-order valence-corrected chi connectivity index (χ1v) is 8.41. The molecule has 0 bridgehead atoms. The summed E-state index contributed by atoms with van der Waals surface area (Å²) >= 11 is 0. The van der Waals surface area contributed by atoms with Crippen molar-refractivity contribution in [3.63, 3.8) is 0 Å². The maximum Gasteiger partial charge on any atom is 0.238 e. The second kappa shape index (κ2) is 9.91. The third-order valence-corrected chi connectivity index (χ3v) is 4.40. The summed E-state index contributed by atoms with van der Waals surface area (Å²) < 4.78 is 0. The summed E-state index contributed by atoms with van der Waals surface area (Å²) in [6.45, 7) is 7.52. The summed E-state index contributed by atoms with van der Waals surface area (Å²) in [6, 6.07) is 8.06. The molecule has 0 saturated carbocycles. The van der Waals surface area contributed by atoms with E-state index in [0.717, 1.165) is 31.7 Å². The number of amides is 1. The SMILES string of the molecule is CC(C)c1ccccc1NC(=O)CN1CCCC(CCN)C1.Cl.